The van der Waals surface area contributed by atoms with Crippen molar-refractivity contribution in [3.8, 4) is 11.1 Å². The topological polar surface area (TPSA) is 0 Å². The fourth-order valence-electron chi connectivity index (χ4n) is 1.86. The van der Waals surface area contributed by atoms with Gasteiger partial charge in [-0.15, -0.1) is 6.58 Å². The highest BCUT2D eigenvalue weighted by atomic mass is 14.1. The van der Waals surface area contributed by atoms with E-state index in [0.717, 1.165) is 0 Å². The van der Waals surface area contributed by atoms with E-state index >= 15 is 0 Å². The van der Waals surface area contributed by atoms with Gasteiger partial charge in [0.05, 0.1) is 0 Å². The number of benzene rings is 2. The highest BCUT2D eigenvalue weighted by molar-refractivity contribution is 5.64. The van der Waals surface area contributed by atoms with Crippen LogP contribution in [0.4, 0.5) is 0 Å². The third-order valence-corrected chi connectivity index (χ3v) is 3.17. The van der Waals surface area contributed by atoms with Gasteiger partial charge in [-0.1, -0.05) is 67.1 Å². The molecule has 0 aliphatic rings. The molecule has 2 aromatic rings. The highest BCUT2D eigenvalue weighted by Gasteiger charge is 2.01. The molecular weight excluding hydrogens is 204 g/mol. The van der Waals surface area contributed by atoms with E-state index in [-0.39, 0.29) is 0 Å². The quantitative estimate of drug-likeness (QED) is 0.644. The maximum Gasteiger partial charge on any atom is -0.00131 e. The van der Waals surface area contributed by atoms with Gasteiger partial charge in [-0.05, 0) is 29.5 Å². The zero-order valence-corrected chi connectivity index (χ0v) is 10.5. The van der Waals surface area contributed by atoms with Crippen LogP contribution in [0.5, 0.6) is 0 Å². The summed E-state index contributed by atoms with van der Waals surface area (Å²) in [6.07, 6.45) is 1.97. The minimum Gasteiger partial charge on any atom is -0.102 e. The van der Waals surface area contributed by atoms with Crippen molar-refractivity contribution in [2.24, 2.45) is 0 Å². The predicted octanol–water partition coefficient (Wildman–Crippen LogP) is 4.95. The first-order valence-electron chi connectivity index (χ1n) is 6.00. The summed E-state index contributed by atoms with van der Waals surface area (Å²) in [5.41, 5.74) is 5.15. The smallest absolute Gasteiger partial charge is 0.00131 e. The molecule has 0 bridgehead atoms. The van der Waals surface area contributed by atoms with E-state index in [1.165, 1.54) is 22.3 Å². The zero-order chi connectivity index (χ0) is 12.3. The third kappa shape index (κ3) is 2.65. The first-order chi connectivity index (χ1) is 8.20. The summed E-state index contributed by atoms with van der Waals surface area (Å²) in [4.78, 5) is 0. The van der Waals surface area contributed by atoms with E-state index in [2.05, 4.69) is 69.0 Å². The van der Waals surface area contributed by atoms with Crippen molar-refractivity contribution in [3.63, 3.8) is 0 Å². The van der Waals surface area contributed by atoms with Crippen LogP contribution < -0.4 is 0 Å². The Kier molecular flexibility index (Phi) is 3.43. The molecule has 0 heteroatoms. The molecule has 0 amide bonds. The van der Waals surface area contributed by atoms with E-state index in [1.807, 2.05) is 6.08 Å². The van der Waals surface area contributed by atoms with E-state index in [0.29, 0.717) is 5.92 Å². The van der Waals surface area contributed by atoms with Crippen molar-refractivity contribution in [2.45, 2.75) is 19.8 Å². The molecule has 1 unspecified atom stereocenters. The standard InChI is InChI=1S/C17H18/c1-4-14(3)15-9-11-17(12-10-15)16-7-5-13(2)6-8-16/h4-12,14H,1H2,2-3H3. The maximum atomic E-state index is 3.83. The maximum absolute atomic E-state index is 3.83. The van der Waals surface area contributed by atoms with Crippen LogP contribution in [0.3, 0.4) is 0 Å². The second kappa shape index (κ2) is 5.01. The van der Waals surface area contributed by atoms with E-state index < -0.39 is 0 Å². The molecule has 2 rings (SSSR count). The number of hydrogen-bond acceptors (Lipinski definition) is 0. The molecule has 0 N–H and O–H groups in total. The molecule has 2 aromatic carbocycles. The lowest BCUT2D eigenvalue weighted by Crippen LogP contribution is -1.88. The van der Waals surface area contributed by atoms with Crippen LogP contribution >= 0.6 is 0 Å². The summed E-state index contributed by atoms with van der Waals surface area (Å²) < 4.78 is 0. The first kappa shape index (κ1) is 11.7. The fourth-order valence-corrected chi connectivity index (χ4v) is 1.86. The van der Waals surface area contributed by atoms with Gasteiger partial charge in [0.15, 0.2) is 0 Å². The lowest BCUT2D eigenvalue weighted by Gasteiger charge is -2.08. The van der Waals surface area contributed by atoms with Gasteiger partial charge in [0.2, 0.25) is 0 Å². The molecule has 0 aliphatic heterocycles. The summed E-state index contributed by atoms with van der Waals surface area (Å²) in [6, 6.07) is 17.4. The molecule has 0 fully saturated rings. The minimum atomic E-state index is 0.419. The second-order valence-corrected chi connectivity index (χ2v) is 4.51. The molecule has 0 radical (unpaired) electrons. The highest BCUT2D eigenvalue weighted by Crippen LogP contribution is 2.23. The van der Waals surface area contributed by atoms with Gasteiger partial charge >= 0.3 is 0 Å². The summed E-state index contributed by atoms with van der Waals surface area (Å²) in [7, 11) is 0. The molecule has 0 heterocycles. The molecule has 86 valence electrons. The summed E-state index contributed by atoms with van der Waals surface area (Å²) in [5, 5.41) is 0. The monoisotopic (exact) mass is 222 g/mol. The average molecular weight is 222 g/mol. The van der Waals surface area contributed by atoms with Crippen LogP contribution in [0.15, 0.2) is 61.2 Å². The van der Waals surface area contributed by atoms with Crippen molar-refractivity contribution < 1.29 is 0 Å². The van der Waals surface area contributed by atoms with E-state index in [1.54, 1.807) is 0 Å². The Labute approximate surface area is 104 Å². The van der Waals surface area contributed by atoms with Crippen LogP contribution in [0.25, 0.3) is 11.1 Å². The molecule has 0 aromatic heterocycles. The number of allylic oxidation sites excluding steroid dienone is 1. The Morgan fingerprint density at radius 1 is 0.882 bits per heavy atom. The van der Waals surface area contributed by atoms with Gasteiger partial charge in [-0.25, -0.2) is 0 Å². The van der Waals surface area contributed by atoms with Gasteiger partial charge in [-0.3, -0.25) is 0 Å². The number of aryl methyl sites for hydroxylation is 1. The molecule has 0 saturated carbocycles. The SMILES string of the molecule is C=CC(C)c1ccc(-c2ccc(C)cc2)cc1. The molecule has 0 aliphatic carbocycles. The largest absolute Gasteiger partial charge is 0.102 e. The van der Waals surface area contributed by atoms with Crippen LogP contribution in [0.1, 0.15) is 24.0 Å². The van der Waals surface area contributed by atoms with Gasteiger partial charge in [0.1, 0.15) is 0 Å². The lowest BCUT2D eigenvalue weighted by atomic mass is 9.97. The first-order valence-corrected chi connectivity index (χ1v) is 6.00. The van der Waals surface area contributed by atoms with Gasteiger partial charge in [0, 0.05) is 0 Å². The lowest BCUT2D eigenvalue weighted by molar-refractivity contribution is 0.972. The fraction of sp³-hybridized carbons (Fsp3) is 0.176. The minimum absolute atomic E-state index is 0.419. The van der Waals surface area contributed by atoms with E-state index in [9.17, 15) is 0 Å². The Hall–Kier alpha value is -1.82. The van der Waals surface area contributed by atoms with Crippen LogP contribution in [0.2, 0.25) is 0 Å². The van der Waals surface area contributed by atoms with Crippen molar-refractivity contribution in [1.82, 2.24) is 0 Å². The Bertz CT molecular complexity index is 489. The summed E-state index contributed by atoms with van der Waals surface area (Å²) >= 11 is 0. The van der Waals surface area contributed by atoms with Gasteiger partial charge < -0.3 is 0 Å². The Morgan fingerprint density at radius 3 is 1.82 bits per heavy atom. The van der Waals surface area contributed by atoms with E-state index in [4.69, 9.17) is 0 Å². The van der Waals surface area contributed by atoms with Gasteiger partial charge in [0.25, 0.3) is 0 Å². The van der Waals surface area contributed by atoms with Crippen LogP contribution in [0, 0.1) is 6.92 Å². The van der Waals surface area contributed by atoms with Crippen molar-refractivity contribution in [2.75, 3.05) is 0 Å². The zero-order valence-electron chi connectivity index (χ0n) is 10.5. The third-order valence-electron chi connectivity index (χ3n) is 3.17. The number of hydrogen-bond donors (Lipinski definition) is 0. The Morgan fingerprint density at radius 2 is 1.35 bits per heavy atom. The molecule has 0 spiro atoms. The normalized spacial score (nSPS) is 12.1. The van der Waals surface area contributed by atoms with Crippen molar-refractivity contribution in [1.29, 1.82) is 0 Å². The van der Waals surface area contributed by atoms with Crippen LogP contribution in [-0.4, -0.2) is 0 Å². The second-order valence-electron chi connectivity index (χ2n) is 4.51. The van der Waals surface area contributed by atoms with Crippen molar-refractivity contribution in [3.05, 3.63) is 72.3 Å². The summed E-state index contributed by atoms with van der Waals surface area (Å²) in [6.45, 7) is 8.10. The predicted molar refractivity (Wildman–Crippen MR) is 75.2 cm³/mol. The molecule has 1 atom stereocenters. The Balaban J connectivity index is 2.29. The number of rotatable bonds is 3. The van der Waals surface area contributed by atoms with Gasteiger partial charge in [-0.2, -0.15) is 0 Å². The van der Waals surface area contributed by atoms with Crippen molar-refractivity contribution >= 4 is 0 Å². The summed E-state index contributed by atoms with van der Waals surface area (Å²) in [5.74, 6) is 0.419. The molecule has 17 heavy (non-hydrogen) atoms. The molecule has 0 nitrogen and oxygen atoms in total. The molecule has 0 saturated heterocycles. The molecular formula is C17H18. The average Bonchev–Trinajstić information content (AvgIpc) is 2.39. The van der Waals surface area contributed by atoms with Crippen LogP contribution in [-0.2, 0) is 0 Å².